The van der Waals surface area contributed by atoms with E-state index in [-0.39, 0.29) is 0 Å². The van der Waals surface area contributed by atoms with Gasteiger partial charge in [-0.3, -0.25) is 4.72 Å². The zero-order chi connectivity index (χ0) is 22.5. The molecule has 32 heavy (non-hydrogen) atoms. The third-order valence-corrected chi connectivity index (χ3v) is 6.61. The molecular formula is C25H25N3O3S. The van der Waals surface area contributed by atoms with Crippen LogP contribution in [0.5, 0.6) is 0 Å². The Kier molecular flexibility index (Phi) is 5.03. The highest BCUT2D eigenvalue weighted by Crippen LogP contribution is 2.54. The summed E-state index contributed by atoms with van der Waals surface area (Å²) < 4.78 is 25.3. The van der Waals surface area contributed by atoms with E-state index >= 15 is 0 Å². The predicted molar refractivity (Wildman–Crippen MR) is 127 cm³/mol. The van der Waals surface area contributed by atoms with Crippen LogP contribution in [0.2, 0.25) is 0 Å². The highest BCUT2D eigenvalue weighted by Gasteiger charge is 2.41. The largest absolute Gasteiger partial charge is 0.389 e. The van der Waals surface area contributed by atoms with Crippen molar-refractivity contribution in [2.24, 2.45) is 0 Å². The first-order chi connectivity index (χ1) is 15.3. The molecule has 1 fully saturated rings. The smallest absolute Gasteiger partial charge is 0.229 e. The minimum Gasteiger partial charge on any atom is -0.389 e. The number of imidazole rings is 1. The second-order valence-corrected chi connectivity index (χ2v) is 10.3. The quantitative estimate of drug-likeness (QED) is 0.391. The predicted octanol–water partition coefficient (Wildman–Crippen LogP) is 4.93. The molecule has 1 heterocycles. The van der Waals surface area contributed by atoms with Crippen LogP contribution in [0, 0.1) is 0 Å². The van der Waals surface area contributed by atoms with Gasteiger partial charge in [0.05, 0.1) is 23.4 Å². The van der Waals surface area contributed by atoms with E-state index in [1.165, 1.54) is 5.56 Å². The lowest BCUT2D eigenvalue weighted by molar-refractivity contribution is 0.200. The van der Waals surface area contributed by atoms with Gasteiger partial charge in [0.15, 0.2) is 0 Å². The van der Waals surface area contributed by atoms with E-state index in [0.29, 0.717) is 17.5 Å². The number of hydrogen-bond donors (Lipinski definition) is 3. The number of nitrogens with zero attached hydrogens (tertiary/aromatic N) is 1. The lowest BCUT2D eigenvalue weighted by Crippen LogP contribution is -2.09. The molecule has 7 heteroatoms. The van der Waals surface area contributed by atoms with Crippen LogP contribution in [0.15, 0.2) is 66.7 Å². The molecule has 4 aromatic rings. The van der Waals surface area contributed by atoms with Crippen molar-refractivity contribution in [2.75, 3.05) is 11.0 Å². The van der Waals surface area contributed by atoms with Gasteiger partial charge in [-0.15, -0.1) is 0 Å². The highest BCUT2D eigenvalue weighted by atomic mass is 32.2. The van der Waals surface area contributed by atoms with Gasteiger partial charge in [0, 0.05) is 11.6 Å². The molecule has 0 radical (unpaired) electrons. The molecule has 1 saturated carbocycles. The van der Waals surface area contributed by atoms with Crippen LogP contribution < -0.4 is 4.72 Å². The first kappa shape index (κ1) is 20.7. The monoisotopic (exact) mass is 447 g/mol. The number of fused-ring (bicyclic) bond motifs is 1. The third kappa shape index (κ3) is 4.13. The zero-order valence-corrected chi connectivity index (χ0v) is 18.7. The molecule has 0 bridgehead atoms. The summed E-state index contributed by atoms with van der Waals surface area (Å²) in [5.74, 6) is 1.67. The number of anilines is 1. The topological polar surface area (TPSA) is 95.1 Å². The summed E-state index contributed by atoms with van der Waals surface area (Å²) in [6, 6.07) is 21.6. The number of aliphatic hydroxyl groups is 1. The van der Waals surface area contributed by atoms with Gasteiger partial charge < -0.3 is 10.1 Å². The molecule has 1 aromatic heterocycles. The van der Waals surface area contributed by atoms with Gasteiger partial charge in [-0.25, -0.2) is 13.4 Å². The molecule has 3 unspecified atom stereocenters. The number of H-pyrrole nitrogens is 1. The van der Waals surface area contributed by atoms with E-state index in [9.17, 15) is 13.5 Å². The molecule has 5 rings (SSSR count). The van der Waals surface area contributed by atoms with Crippen LogP contribution in [-0.4, -0.2) is 29.7 Å². The summed E-state index contributed by atoms with van der Waals surface area (Å²) in [7, 11) is -3.27. The van der Waals surface area contributed by atoms with Crippen LogP contribution in [0.1, 0.15) is 48.2 Å². The standard InChI is InChI=1S/C25H25N3O3S/c1-15(29)19-5-3-4-6-20(19)17-9-12-23-24(13-17)27-25(26-23)22-14-21(22)16-7-10-18(11-8-16)28-32(2,30)31/h3-13,15,21-22,28-29H,14H2,1-2H3,(H,26,27). The average molecular weight is 448 g/mol. The Morgan fingerprint density at radius 1 is 1.06 bits per heavy atom. The van der Waals surface area contributed by atoms with E-state index in [1.54, 1.807) is 19.1 Å². The maximum atomic E-state index is 11.4. The Bertz CT molecular complexity index is 1390. The fraction of sp³-hybridized carbons (Fsp3) is 0.240. The molecule has 1 aliphatic rings. The lowest BCUT2D eigenvalue weighted by Gasteiger charge is -2.11. The van der Waals surface area contributed by atoms with Gasteiger partial charge in [0.2, 0.25) is 10.0 Å². The third-order valence-electron chi connectivity index (χ3n) is 6.01. The second-order valence-electron chi connectivity index (χ2n) is 8.56. The number of hydrogen-bond acceptors (Lipinski definition) is 4. The number of nitrogens with one attached hydrogen (secondary N) is 2. The fourth-order valence-electron chi connectivity index (χ4n) is 4.37. The first-order valence-electron chi connectivity index (χ1n) is 10.6. The Morgan fingerprint density at radius 3 is 2.53 bits per heavy atom. The van der Waals surface area contributed by atoms with E-state index < -0.39 is 16.1 Å². The van der Waals surface area contributed by atoms with Crippen molar-refractivity contribution >= 4 is 26.7 Å². The van der Waals surface area contributed by atoms with Gasteiger partial charge >= 0.3 is 0 Å². The minimum atomic E-state index is -3.27. The van der Waals surface area contributed by atoms with Crippen LogP contribution in [0.3, 0.4) is 0 Å². The molecule has 6 nitrogen and oxygen atoms in total. The Labute approximate surface area is 187 Å². The maximum absolute atomic E-state index is 11.4. The summed E-state index contributed by atoms with van der Waals surface area (Å²) >= 11 is 0. The maximum Gasteiger partial charge on any atom is 0.229 e. The molecular weight excluding hydrogens is 422 g/mol. The zero-order valence-electron chi connectivity index (χ0n) is 17.9. The molecule has 1 aliphatic carbocycles. The number of rotatable bonds is 6. The van der Waals surface area contributed by atoms with Crippen molar-refractivity contribution in [1.82, 2.24) is 9.97 Å². The number of aromatic amines is 1. The van der Waals surface area contributed by atoms with Crippen molar-refractivity contribution in [1.29, 1.82) is 0 Å². The van der Waals surface area contributed by atoms with E-state index in [4.69, 9.17) is 4.98 Å². The molecule has 3 N–H and O–H groups in total. The van der Waals surface area contributed by atoms with Crippen LogP contribution in [0.4, 0.5) is 5.69 Å². The normalized spacial score (nSPS) is 19.1. The molecule has 0 saturated heterocycles. The summed E-state index contributed by atoms with van der Waals surface area (Å²) in [4.78, 5) is 8.31. The molecule has 0 amide bonds. The lowest BCUT2D eigenvalue weighted by atomic mass is 9.96. The van der Waals surface area contributed by atoms with Crippen LogP contribution in [0.25, 0.3) is 22.2 Å². The van der Waals surface area contributed by atoms with Gasteiger partial charge in [0.1, 0.15) is 5.82 Å². The van der Waals surface area contributed by atoms with Crippen molar-refractivity contribution in [3.8, 4) is 11.1 Å². The summed E-state index contributed by atoms with van der Waals surface area (Å²) in [6.07, 6.45) is 1.62. The van der Waals surface area contributed by atoms with Gasteiger partial charge in [-0.05, 0) is 65.8 Å². The summed E-state index contributed by atoms with van der Waals surface area (Å²) in [6.45, 7) is 1.78. The van der Waals surface area contributed by atoms with Gasteiger partial charge in [0.25, 0.3) is 0 Å². The Balaban J connectivity index is 1.38. The van der Waals surface area contributed by atoms with Crippen LogP contribution >= 0.6 is 0 Å². The Hall–Kier alpha value is -3.16. The summed E-state index contributed by atoms with van der Waals surface area (Å²) in [5.41, 5.74) is 6.64. The van der Waals surface area contributed by atoms with E-state index in [2.05, 4.69) is 15.8 Å². The first-order valence-corrected chi connectivity index (χ1v) is 12.5. The van der Waals surface area contributed by atoms with Gasteiger partial charge in [-0.2, -0.15) is 0 Å². The average Bonchev–Trinajstić information content (AvgIpc) is 3.44. The van der Waals surface area contributed by atoms with Crippen molar-refractivity contribution in [2.45, 2.75) is 31.3 Å². The number of sulfonamides is 1. The fourth-order valence-corrected chi connectivity index (χ4v) is 4.94. The molecule has 0 aliphatic heterocycles. The van der Waals surface area contributed by atoms with Crippen molar-refractivity contribution in [3.63, 3.8) is 0 Å². The SMILES string of the molecule is CC(O)c1ccccc1-c1ccc2nc(C3CC3c3ccc(NS(C)(=O)=O)cc3)[nH]c2c1. The number of aromatic nitrogens is 2. The van der Waals surface area contributed by atoms with E-state index in [1.807, 2.05) is 48.5 Å². The number of aliphatic hydroxyl groups excluding tert-OH is 1. The molecule has 0 spiro atoms. The molecule has 164 valence electrons. The van der Waals surface area contributed by atoms with Crippen molar-refractivity contribution < 1.29 is 13.5 Å². The van der Waals surface area contributed by atoms with Crippen LogP contribution in [-0.2, 0) is 10.0 Å². The minimum absolute atomic E-state index is 0.323. The molecule has 3 aromatic carbocycles. The Morgan fingerprint density at radius 2 is 1.81 bits per heavy atom. The number of benzene rings is 3. The molecule has 3 atom stereocenters. The van der Waals surface area contributed by atoms with Crippen molar-refractivity contribution in [3.05, 3.63) is 83.7 Å². The summed E-state index contributed by atoms with van der Waals surface area (Å²) in [5, 5.41) is 10.1. The van der Waals surface area contributed by atoms with Gasteiger partial charge in [-0.1, -0.05) is 42.5 Å². The second kappa shape index (κ2) is 7.76. The van der Waals surface area contributed by atoms with E-state index in [0.717, 1.165) is 46.2 Å². The highest BCUT2D eigenvalue weighted by molar-refractivity contribution is 7.92.